The van der Waals surface area contributed by atoms with Crippen molar-refractivity contribution < 1.29 is 14.3 Å². The summed E-state index contributed by atoms with van der Waals surface area (Å²) in [6.45, 7) is 2.69. The van der Waals surface area contributed by atoms with Crippen LogP contribution in [0.15, 0.2) is 70.6 Å². The molecule has 3 aromatic carbocycles. The molecule has 0 aromatic heterocycles. The molecule has 0 spiro atoms. The Morgan fingerprint density at radius 3 is 2.68 bits per heavy atom. The number of rotatable bonds is 6. The fourth-order valence-corrected chi connectivity index (χ4v) is 4.01. The van der Waals surface area contributed by atoms with Gasteiger partial charge in [0.25, 0.3) is 5.91 Å². The molecule has 1 amide bonds. The van der Waals surface area contributed by atoms with Gasteiger partial charge < -0.3 is 14.8 Å². The lowest BCUT2D eigenvalue weighted by Crippen LogP contribution is -2.19. The Morgan fingerprint density at radius 1 is 1.10 bits per heavy atom. The number of amidine groups is 1. The lowest BCUT2D eigenvalue weighted by Gasteiger charge is -2.10. The van der Waals surface area contributed by atoms with Crippen LogP contribution in [0.1, 0.15) is 12.5 Å². The van der Waals surface area contributed by atoms with Gasteiger partial charge in [0, 0.05) is 5.56 Å². The number of benzene rings is 3. The summed E-state index contributed by atoms with van der Waals surface area (Å²) in [5.74, 6) is 3.70. The van der Waals surface area contributed by atoms with E-state index in [4.69, 9.17) is 15.9 Å². The maximum atomic E-state index is 12.6. The van der Waals surface area contributed by atoms with Gasteiger partial charge in [0.05, 0.1) is 17.2 Å². The van der Waals surface area contributed by atoms with Crippen molar-refractivity contribution in [2.45, 2.75) is 6.92 Å². The molecule has 1 heterocycles. The van der Waals surface area contributed by atoms with E-state index in [0.29, 0.717) is 22.4 Å². The third kappa shape index (κ3) is 4.73. The van der Waals surface area contributed by atoms with Crippen molar-refractivity contribution in [3.8, 4) is 23.8 Å². The highest BCUT2D eigenvalue weighted by molar-refractivity contribution is 8.18. The Bertz CT molecular complexity index is 1220. The molecule has 6 heteroatoms. The summed E-state index contributed by atoms with van der Waals surface area (Å²) in [7, 11) is 0. The van der Waals surface area contributed by atoms with Crippen LogP contribution in [0, 0.1) is 12.3 Å². The summed E-state index contributed by atoms with van der Waals surface area (Å²) >= 11 is 1.29. The van der Waals surface area contributed by atoms with Gasteiger partial charge in [-0.1, -0.05) is 36.3 Å². The molecular formula is C25H20N2O3S. The molecular weight excluding hydrogens is 408 g/mol. The third-order valence-electron chi connectivity index (χ3n) is 4.55. The predicted octanol–water partition coefficient (Wildman–Crippen LogP) is 5.14. The van der Waals surface area contributed by atoms with E-state index >= 15 is 0 Å². The molecule has 3 aromatic rings. The summed E-state index contributed by atoms with van der Waals surface area (Å²) in [5.41, 5.74) is 1.55. The van der Waals surface area contributed by atoms with Gasteiger partial charge in [-0.15, -0.1) is 6.42 Å². The first kappa shape index (κ1) is 20.6. The third-order valence-corrected chi connectivity index (χ3v) is 5.46. The van der Waals surface area contributed by atoms with Gasteiger partial charge >= 0.3 is 0 Å². The maximum absolute atomic E-state index is 12.6. The van der Waals surface area contributed by atoms with Gasteiger partial charge in [-0.05, 0) is 65.9 Å². The number of amides is 1. The molecule has 0 aliphatic carbocycles. The smallest absolute Gasteiger partial charge is 0.264 e. The molecule has 4 rings (SSSR count). The average molecular weight is 429 g/mol. The van der Waals surface area contributed by atoms with Gasteiger partial charge in [-0.3, -0.25) is 4.79 Å². The minimum Gasteiger partial charge on any atom is -0.494 e. The number of thioether (sulfide) groups is 1. The molecule has 1 aliphatic rings. The normalized spacial score (nSPS) is 15.8. The monoisotopic (exact) mass is 428 g/mol. The van der Waals surface area contributed by atoms with Gasteiger partial charge in [-0.25, -0.2) is 4.99 Å². The number of aliphatic imine (C=N–C) groups is 1. The standard InChI is InChI=1S/C25H20N2O3S/c1-3-15-30-22-14-9-17-7-5-6-8-20(17)21(22)16-23-24(28)27-25(31-23)26-18-10-12-19(13-11-18)29-4-2/h1,5-14,16H,4,15H2,2H3,(H,26,27,28)/b23-16+. The van der Waals surface area contributed by atoms with E-state index in [0.717, 1.165) is 27.8 Å². The summed E-state index contributed by atoms with van der Waals surface area (Å²) in [6.07, 6.45) is 7.19. The van der Waals surface area contributed by atoms with Crippen molar-refractivity contribution in [3.63, 3.8) is 0 Å². The van der Waals surface area contributed by atoms with Crippen LogP contribution in [-0.2, 0) is 4.79 Å². The number of fused-ring (bicyclic) bond motifs is 1. The molecule has 31 heavy (non-hydrogen) atoms. The summed E-state index contributed by atoms with van der Waals surface area (Å²) in [5, 5.41) is 5.38. The first-order chi connectivity index (χ1) is 15.2. The molecule has 5 nitrogen and oxygen atoms in total. The number of terminal acetylenes is 1. The number of carbonyl (C=O) groups is 1. The minimum absolute atomic E-state index is 0.151. The van der Waals surface area contributed by atoms with Crippen molar-refractivity contribution in [3.05, 3.63) is 71.1 Å². The number of hydrogen-bond acceptors (Lipinski definition) is 5. The number of hydrogen-bond donors (Lipinski definition) is 1. The Kier molecular flexibility index (Phi) is 6.25. The second-order valence-corrected chi connectivity index (χ2v) is 7.63. The quantitative estimate of drug-likeness (QED) is 0.436. The highest BCUT2D eigenvalue weighted by Crippen LogP contribution is 2.34. The fourth-order valence-electron chi connectivity index (χ4n) is 3.18. The first-order valence-corrected chi connectivity index (χ1v) is 10.6. The van der Waals surface area contributed by atoms with E-state index < -0.39 is 0 Å². The van der Waals surface area contributed by atoms with Crippen molar-refractivity contribution in [1.82, 2.24) is 5.32 Å². The molecule has 154 valence electrons. The average Bonchev–Trinajstić information content (AvgIpc) is 3.13. The van der Waals surface area contributed by atoms with Crippen molar-refractivity contribution in [2.24, 2.45) is 4.99 Å². The molecule has 1 fully saturated rings. The Morgan fingerprint density at radius 2 is 1.90 bits per heavy atom. The molecule has 0 unspecified atom stereocenters. The number of ether oxygens (including phenoxy) is 2. The highest BCUT2D eigenvalue weighted by atomic mass is 32.2. The maximum Gasteiger partial charge on any atom is 0.264 e. The van der Waals surface area contributed by atoms with Crippen LogP contribution in [0.4, 0.5) is 5.69 Å². The summed E-state index contributed by atoms with van der Waals surface area (Å²) in [4.78, 5) is 17.7. The number of carbonyl (C=O) groups excluding carboxylic acids is 1. The SMILES string of the molecule is C#CCOc1ccc2ccccc2c1/C=C1/SC(=Nc2ccc(OCC)cc2)NC1=O. The largest absolute Gasteiger partial charge is 0.494 e. The predicted molar refractivity (Wildman–Crippen MR) is 127 cm³/mol. The zero-order valence-electron chi connectivity index (χ0n) is 16.9. The molecule has 0 atom stereocenters. The van der Waals surface area contributed by atoms with E-state index in [1.807, 2.05) is 73.7 Å². The van der Waals surface area contributed by atoms with E-state index in [1.54, 1.807) is 0 Å². The molecule has 1 aliphatic heterocycles. The molecule has 0 radical (unpaired) electrons. The van der Waals surface area contributed by atoms with Crippen molar-refractivity contribution in [1.29, 1.82) is 0 Å². The van der Waals surface area contributed by atoms with Gasteiger partial charge in [-0.2, -0.15) is 0 Å². The van der Waals surface area contributed by atoms with Crippen molar-refractivity contribution >= 4 is 45.4 Å². The van der Waals surface area contributed by atoms with Crippen LogP contribution in [0.25, 0.3) is 16.8 Å². The van der Waals surface area contributed by atoms with E-state index in [9.17, 15) is 4.79 Å². The van der Waals surface area contributed by atoms with Crippen LogP contribution in [-0.4, -0.2) is 24.3 Å². The van der Waals surface area contributed by atoms with Crippen LogP contribution < -0.4 is 14.8 Å². The second-order valence-electron chi connectivity index (χ2n) is 6.60. The molecule has 1 saturated heterocycles. The highest BCUT2D eigenvalue weighted by Gasteiger charge is 2.24. The van der Waals surface area contributed by atoms with E-state index in [-0.39, 0.29) is 12.5 Å². The van der Waals surface area contributed by atoms with E-state index in [1.165, 1.54) is 11.8 Å². The van der Waals surface area contributed by atoms with Crippen LogP contribution in [0.5, 0.6) is 11.5 Å². The lowest BCUT2D eigenvalue weighted by atomic mass is 10.0. The summed E-state index contributed by atoms with van der Waals surface area (Å²) < 4.78 is 11.2. The number of nitrogens with zero attached hydrogens (tertiary/aromatic N) is 1. The van der Waals surface area contributed by atoms with Gasteiger partial charge in [0.2, 0.25) is 0 Å². The van der Waals surface area contributed by atoms with Crippen molar-refractivity contribution in [2.75, 3.05) is 13.2 Å². The molecule has 1 N–H and O–H groups in total. The van der Waals surface area contributed by atoms with Gasteiger partial charge in [0.1, 0.15) is 18.1 Å². The zero-order chi connectivity index (χ0) is 21.6. The van der Waals surface area contributed by atoms with Crippen LogP contribution >= 0.6 is 11.8 Å². The number of nitrogens with one attached hydrogen (secondary N) is 1. The molecule has 0 bridgehead atoms. The van der Waals surface area contributed by atoms with Crippen LogP contribution in [0.3, 0.4) is 0 Å². The molecule has 0 saturated carbocycles. The zero-order valence-corrected chi connectivity index (χ0v) is 17.7. The van der Waals surface area contributed by atoms with E-state index in [2.05, 4.69) is 16.2 Å². The second kappa shape index (κ2) is 9.41. The summed E-state index contributed by atoms with van der Waals surface area (Å²) in [6, 6.07) is 19.2. The lowest BCUT2D eigenvalue weighted by molar-refractivity contribution is -0.115. The first-order valence-electron chi connectivity index (χ1n) is 9.78. The Labute approximate surface area is 185 Å². The minimum atomic E-state index is -0.203. The Hall–Kier alpha value is -3.69. The topological polar surface area (TPSA) is 59.9 Å². The Balaban J connectivity index is 1.65. The van der Waals surface area contributed by atoms with Crippen LogP contribution in [0.2, 0.25) is 0 Å². The fraction of sp³-hybridized carbons (Fsp3) is 0.120. The van der Waals surface area contributed by atoms with Gasteiger partial charge in [0.15, 0.2) is 5.17 Å².